The van der Waals surface area contributed by atoms with Crippen molar-refractivity contribution < 1.29 is 0 Å². The van der Waals surface area contributed by atoms with E-state index in [1.165, 1.54) is 11.1 Å². The highest BCUT2D eigenvalue weighted by atomic mass is 15.1. The van der Waals surface area contributed by atoms with Crippen molar-refractivity contribution in [2.75, 3.05) is 18.8 Å². The van der Waals surface area contributed by atoms with Crippen molar-refractivity contribution >= 4 is 5.69 Å². The van der Waals surface area contributed by atoms with Gasteiger partial charge >= 0.3 is 0 Å². The fourth-order valence-electron chi connectivity index (χ4n) is 1.85. The first kappa shape index (κ1) is 12.8. The second-order valence-electron chi connectivity index (χ2n) is 4.23. The van der Waals surface area contributed by atoms with E-state index in [-0.39, 0.29) is 0 Å². The second kappa shape index (κ2) is 6.33. The summed E-state index contributed by atoms with van der Waals surface area (Å²) in [6, 6.07) is 6.21. The molecule has 16 heavy (non-hydrogen) atoms. The first-order valence-electron chi connectivity index (χ1n) is 5.85. The van der Waals surface area contributed by atoms with Gasteiger partial charge in [-0.2, -0.15) is 0 Å². The van der Waals surface area contributed by atoms with Crippen LogP contribution >= 0.6 is 0 Å². The van der Waals surface area contributed by atoms with Crippen molar-refractivity contribution in [1.29, 1.82) is 0 Å². The normalized spacial score (nSPS) is 10.7. The summed E-state index contributed by atoms with van der Waals surface area (Å²) in [7, 11) is 0. The van der Waals surface area contributed by atoms with Crippen LogP contribution in [0.15, 0.2) is 30.9 Å². The molecule has 0 atom stereocenters. The number of nitrogen functional groups attached to an aromatic ring is 1. The third-order valence-corrected chi connectivity index (χ3v) is 2.62. The molecule has 0 heterocycles. The van der Waals surface area contributed by atoms with Crippen molar-refractivity contribution in [3.8, 4) is 0 Å². The first-order chi connectivity index (χ1) is 7.67. The van der Waals surface area contributed by atoms with Crippen LogP contribution in [0.5, 0.6) is 0 Å². The van der Waals surface area contributed by atoms with Crippen LogP contribution in [0.3, 0.4) is 0 Å². The van der Waals surface area contributed by atoms with Crippen molar-refractivity contribution in [2.45, 2.75) is 26.8 Å². The Hall–Kier alpha value is -1.28. The highest BCUT2D eigenvalue weighted by Crippen LogP contribution is 2.16. The maximum Gasteiger partial charge on any atom is 0.0359 e. The van der Waals surface area contributed by atoms with Crippen LogP contribution in [0.25, 0.3) is 0 Å². The molecule has 0 amide bonds. The van der Waals surface area contributed by atoms with E-state index in [1.807, 2.05) is 12.1 Å². The monoisotopic (exact) mass is 218 g/mol. The molecule has 0 saturated heterocycles. The van der Waals surface area contributed by atoms with Crippen LogP contribution in [0, 0.1) is 6.92 Å². The van der Waals surface area contributed by atoms with Gasteiger partial charge in [0.05, 0.1) is 0 Å². The minimum atomic E-state index is 0.885. The maximum absolute atomic E-state index is 5.98. The summed E-state index contributed by atoms with van der Waals surface area (Å²) in [4.78, 5) is 2.36. The number of nitrogens with zero attached hydrogens (tertiary/aromatic N) is 1. The van der Waals surface area contributed by atoms with Crippen LogP contribution in [0.2, 0.25) is 0 Å². The van der Waals surface area contributed by atoms with E-state index in [0.717, 1.165) is 31.7 Å². The van der Waals surface area contributed by atoms with Crippen LogP contribution < -0.4 is 5.73 Å². The molecule has 0 saturated carbocycles. The van der Waals surface area contributed by atoms with Gasteiger partial charge in [-0.3, -0.25) is 4.90 Å². The van der Waals surface area contributed by atoms with Gasteiger partial charge in [0.2, 0.25) is 0 Å². The molecular weight excluding hydrogens is 196 g/mol. The second-order valence-corrected chi connectivity index (χ2v) is 4.23. The zero-order valence-electron chi connectivity index (χ0n) is 10.4. The predicted molar refractivity (Wildman–Crippen MR) is 71.4 cm³/mol. The van der Waals surface area contributed by atoms with E-state index in [1.54, 1.807) is 0 Å². The highest BCUT2D eigenvalue weighted by molar-refractivity contribution is 5.48. The fourth-order valence-corrected chi connectivity index (χ4v) is 1.85. The van der Waals surface area contributed by atoms with Gasteiger partial charge in [0.25, 0.3) is 0 Å². The Kier molecular flexibility index (Phi) is 5.06. The molecule has 0 aromatic heterocycles. The van der Waals surface area contributed by atoms with E-state index in [9.17, 15) is 0 Å². The number of rotatable bonds is 6. The molecule has 2 nitrogen and oxygen atoms in total. The van der Waals surface area contributed by atoms with Crippen LogP contribution in [-0.4, -0.2) is 18.0 Å². The van der Waals surface area contributed by atoms with Gasteiger partial charge in [-0.25, -0.2) is 0 Å². The maximum atomic E-state index is 5.98. The van der Waals surface area contributed by atoms with E-state index in [0.29, 0.717) is 0 Å². The number of nitrogens with two attached hydrogens (primary N) is 1. The van der Waals surface area contributed by atoms with E-state index in [2.05, 4.69) is 37.5 Å². The Labute approximate surface area is 98.8 Å². The summed E-state index contributed by atoms with van der Waals surface area (Å²) in [6.07, 6.45) is 3.10. The van der Waals surface area contributed by atoms with E-state index < -0.39 is 0 Å². The molecule has 0 aliphatic rings. The molecule has 1 aromatic rings. The third kappa shape index (κ3) is 3.70. The van der Waals surface area contributed by atoms with Gasteiger partial charge in [0.15, 0.2) is 0 Å². The zero-order chi connectivity index (χ0) is 12.0. The summed E-state index contributed by atoms with van der Waals surface area (Å²) >= 11 is 0. The third-order valence-electron chi connectivity index (χ3n) is 2.62. The topological polar surface area (TPSA) is 29.3 Å². The lowest BCUT2D eigenvalue weighted by atomic mass is 10.1. The van der Waals surface area contributed by atoms with E-state index >= 15 is 0 Å². The number of benzene rings is 1. The van der Waals surface area contributed by atoms with Gasteiger partial charge in [-0.05, 0) is 31.5 Å². The number of hydrogen-bond acceptors (Lipinski definition) is 2. The molecule has 88 valence electrons. The van der Waals surface area contributed by atoms with Crippen molar-refractivity contribution in [1.82, 2.24) is 4.90 Å². The zero-order valence-corrected chi connectivity index (χ0v) is 10.4. The Morgan fingerprint density at radius 3 is 2.81 bits per heavy atom. The number of aryl methyl sites for hydroxylation is 1. The lowest BCUT2D eigenvalue weighted by Crippen LogP contribution is -2.24. The summed E-state index contributed by atoms with van der Waals surface area (Å²) in [5.74, 6) is 0. The molecule has 0 bridgehead atoms. The minimum Gasteiger partial charge on any atom is -0.398 e. The molecule has 0 fully saturated rings. The fraction of sp³-hybridized carbons (Fsp3) is 0.429. The Bertz CT molecular complexity index is 345. The molecule has 1 aromatic carbocycles. The Morgan fingerprint density at radius 1 is 1.44 bits per heavy atom. The van der Waals surface area contributed by atoms with Crippen LogP contribution in [0.1, 0.15) is 24.5 Å². The van der Waals surface area contributed by atoms with Crippen molar-refractivity contribution in [3.63, 3.8) is 0 Å². The number of hydrogen-bond donors (Lipinski definition) is 1. The van der Waals surface area contributed by atoms with Crippen molar-refractivity contribution in [2.24, 2.45) is 0 Å². The minimum absolute atomic E-state index is 0.885. The number of anilines is 1. The van der Waals surface area contributed by atoms with Crippen LogP contribution in [0.4, 0.5) is 5.69 Å². The molecule has 2 heteroatoms. The molecule has 2 N–H and O–H groups in total. The van der Waals surface area contributed by atoms with Gasteiger partial charge in [-0.15, -0.1) is 6.58 Å². The lowest BCUT2D eigenvalue weighted by Gasteiger charge is -2.21. The highest BCUT2D eigenvalue weighted by Gasteiger charge is 2.06. The Morgan fingerprint density at radius 2 is 2.19 bits per heavy atom. The first-order valence-corrected chi connectivity index (χ1v) is 5.85. The van der Waals surface area contributed by atoms with E-state index in [4.69, 9.17) is 5.73 Å². The van der Waals surface area contributed by atoms with Gasteiger partial charge < -0.3 is 5.73 Å². The molecule has 1 rings (SSSR count). The average molecular weight is 218 g/mol. The van der Waals surface area contributed by atoms with Gasteiger partial charge in [0.1, 0.15) is 0 Å². The van der Waals surface area contributed by atoms with Crippen molar-refractivity contribution in [3.05, 3.63) is 42.0 Å². The Balaban J connectivity index is 2.75. The molecule has 0 aliphatic carbocycles. The smallest absolute Gasteiger partial charge is 0.0359 e. The predicted octanol–water partition coefficient (Wildman–Crippen LogP) is 2.98. The molecule has 0 unspecified atom stereocenters. The largest absolute Gasteiger partial charge is 0.398 e. The van der Waals surface area contributed by atoms with Gasteiger partial charge in [-0.1, -0.05) is 30.7 Å². The standard InChI is InChI=1S/C14H22N2/c1-4-8-16(9-5-2)11-13-10-12(3)6-7-14(13)15/h4,6-7,10H,1,5,8-9,11,15H2,2-3H3. The molecule has 0 radical (unpaired) electrons. The lowest BCUT2D eigenvalue weighted by molar-refractivity contribution is 0.295. The molecule has 0 aliphatic heterocycles. The summed E-state index contributed by atoms with van der Waals surface area (Å²) in [6.45, 7) is 11.0. The van der Waals surface area contributed by atoms with Gasteiger partial charge in [0, 0.05) is 18.8 Å². The quantitative estimate of drug-likeness (QED) is 0.587. The average Bonchev–Trinajstić information content (AvgIpc) is 2.24. The summed E-state index contributed by atoms with van der Waals surface area (Å²) in [5, 5.41) is 0. The SMILES string of the molecule is C=CCN(CCC)Cc1cc(C)ccc1N. The molecular formula is C14H22N2. The van der Waals surface area contributed by atoms with Crippen LogP contribution in [-0.2, 0) is 6.54 Å². The molecule has 0 spiro atoms. The summed E-state index contributed by atoms with van der Waals surface area (Å²) < 4.78 is 0. The summed E-state index contributed by atoms with van der Waals surface area (Å²) in [5.41, 5.74) is 9.34.